The first kappa shape index (κ1) is 19.8. The van der Waals surface area contributed by atoms with E-state index in [9.17, 15) is 8.42 Å². The van der Waals surface area contributed by atoms with Gasteiger partial charge >= 0.3 is 0 Å². The molecule has 0 aliphatic heterocycles. The molecule has 0 radical (unpaired) electrons. The second kappa shape index (κ2) is 7.59. The quantitative estimate of drug-likeness (QED) is 0.704. The van der Waals surface area contributed by atoms with Gasteiger partial charge in [0.25, 0.3) is 0 Å². The highest BCUT2D eigenvalue weighted by Gasteiger charge is 2.22. The van der Waals surface area contributed by atoms with E-state index in [1.807, 2.05) is 24.3 Å². The topological polar surface area (TPSA) is 95.2 Å². The van der Waals surface area contributed by atoms with Crippen LogP contribution in [0, 0.1) is 0 Å². The van der Waals surface area contributed by atoms with Gasteiger partial charge in [0, 0.05) is 0 Å². The van der Waals surface area contributed by atoms with E-state index in [4.69, 9.17) is 10.5 Å². The molecular formula is C21H23N3O3S. The monoisotopic (exact) mass is 397 g/mol. The van der Waals surface area contributed by atoms with Gasteiger partial charge in [0.05, 0.1) is 11.1 Å². The molecule has 0 saturated heterocycles. The minimum absolute atomic E-state index is 0.0656. The molecule has 0 atom stereocenters. The van der Waals surface area contributed by atoms with E-state index in [2.05, 4.69) is 30.7 Å². The fourth-order valence-electron chi connectivity index (χ4n) is 2.62. The largest absolute Gasteiger partial charge is 0.486 e. The number of rotatable bonds is 5. The van der Waals surface area contributed by atoms with Crippen LogP contribution >= 0.6 is 0 Å². The van der Waals surface area contributed by atoms with Gasteiger partial charge < -0.3 is 10.5 Å². The highest BCUT2D eigenvalue weighted by Crippen LogP contribution is 2.26. The van der Waals surface area contributed by atoms with Crippen LogP contribution in [-0.4, -0.2) is 18.4 Å². The van der Waals surface area contributed by atoms with Crippen LogP contribution in [0.2, 0.25) is 0 Å². The van der Waals surface area contributed by atoms with Crippen molar-refractivity contribution in [3.63, 3.8) is 0 Å². The molecular weight excluding hydrogens is 374 g/mol. The summed E-state index contributed by atoms with van der Waals surface area (Å²) in [6.07, 6.45) is 1.23. The molecule has 0 spiro atoms. The zero-order chi connectivity index (χ0) is 20.4. The number of ether oxygens (including phenoxy) is 1. The van der Waals surface area contributed by atoms with E-state index in [1.54, 1.807) is 18.2 Å². The summed E-state index contributed by atoms with van der Waals surface area (Å²) in [4.78, 5) is 8.24. The molecule has 0 unspecified atom stereocenters. The highest BCUT2D eigenvalue weighted by molar-refractivity contribution is 7.91. The van der Waals surface area contributed by atoms with Crippen LogP contribution in [0.15, 0.2) is 70.6 Å². The van der Waals surface area contributed by atoms with Crippen LogP contribution in [0.5, 0.6) is 5.75 Å². The van der Waals surface area contributed by atoms with Crippen molar-refractivity contribution < 1.29 is 13.2 Å². The number of nitrogens with two attached hydrogens (primary N) is 1. The average Bonchev–Trinajstić information content (AvgIpc) is 2.66. The molecule has 1 aromatic heterocycles. The van der Waals surface area contributed by atoms with E-state index in [-0.39, 0.29) is 27.6 Å². The number of sulfone groups is 1. The summed E-state index contributed by atoms with van der Waals surface area (Å²) >= 11 is 0. The van der Waals surface area contributed by atoms with Gasteiger partial charge in [-0.1, -0.05) is 51.1 Å². The molecule has 7 heteroatoms. The van der Waals surface area contributed by atoms with Gasteiger partial charge in [-0.15, -0.1) is 0 Å². The van der Waals surface area contributed by atoms with Gasteiger partial charge in [-0.2, -0.15) is 0 Å². The Balaban J connectivity index is 1.74. The number of hydrogen-bond acceptors (Lipinski definition) is 6. The summed E-state index contributed by atoms with van der Waals surface area (Å²) in [6.45, 7) is 6.52. The van der Waals surface area contributed by atoms with E-state index in [1.165, 1.54) is 23.9 Å². The van der Waals surface area contributed by atoms with Crippen molar-refractivity contribution in [2.75, 3.05) is 5.73 Å². The van der Waals surface area contributed by atoms with Gasteiger partial charge in [-0.3, -0.25) is 0 Å². The third-order valence-electron chi connectivity index (χ3n) is 4.26. The lowest BCUT2D eigenvalue weighted by Crippen LogP contribution is -2.12. The summed E-state index contributed by atoms with van der Waals surface area (Å²) in [6, 6.07) is 15.9. The van der Waals surface area contributed by atoms with Crippen LogP contribution in [0.3, 0.4) is 0 Å². The molecule has 3 aromatic rings. The van der Waals surface area contributed by atoms with E-state index < -0.39 is 9.84 Å². The summed E-state index contributed by atoms with van der Waals surface area (Å²) in [5.41, 5.74) is 7.17. The van der Waals surface area contributed by atoms with Crippen molar-refractivity contribution in [2.24, 2.45) is 0 Å². The number of nitrogens with zero attached hydrogens (tertiary/aromatic N) is 2. The first-order chi connectivity index (χ1) is 13.2. The molecule has 0 aliphatic rings. The van der Waals surface area contributed by atoms with Crippen molar-refractivity contribution in [1.29, 1.82) is 0 Å². The van der Waals surface area contributed by atoms with Crippen molar-refractivity contribution in [3.05, 3.63) is 72.2 Å². The molecule has 0 bridgehead atoms. The molecule has 1 heterocycles. The maximum absolute atomic E-state index is 12.7. The van der Waals surface area contributed by atoms with Gasteiger partial charge in [0.15, 0.2) is 5.82 Å². The molecule has 0 amide bonds. The Bertz CT molecular complexity index is 1060. The zero-order valence-electron chi connectivity index (χ0n) is 16.1. The van der Waals surface area contributed by atoms with Crippen molar-refractivity contribution in [2.45, 2.75) is 42.6 Å². The Morgan fingerprint density at radius 3 is 2.21 bits per heavy atom. The number of anilines is 1. The lowest BCUT2D eigenvalue weighted by atomic mass is 9.87. The summed E-state index contributed by atoms with van der Waals surface area (Å²) < 4.78 is 31.0. The van der Waals surface area contributed by atoms with Gasteiger partial charge in [-0.25, -0.2) is 18.4 Å². The fraction of sp³-hybridized carbons (Fsp3) is 0.238. The first-order valence-corrected chi connectivity index (χ1v) is 10.3. The van der Waals surface area contributed by atoms with Gasteiger partial charge in [0.2, 0.25) is 9.84 Å². The van der Waals surface area contributed by atoms with Crippen molar-refractivity contribution in [3.8, 4) is 5.75 Å². The lowest BCUT2D eigenvalue weighted by molar-refractivity contribution is 0.295. The lowest BCUT2D eigenvalue weighted by Gasteiger charge is -2.19. The highest BCUT2D eigenvalue weighted by atomic mass is 32.2. The average molecular weight is 398 g/mol. The van der Waals surface area contributed by atoms with Gasteiger partial charge in [-0.05, 0) is 35.2 Å². The van der Waals surface area contributed by atoms with Crippen LogP contribution in [0.25, 0.3) is 0 Å². The SMILES string of the molecule is CC(C)(C)c1ccc(OCc2ncc(S(=O)(=O)c3ccccc3)c(N)n2)cc1. The Morgan fingerprint density at radius 2 is 1.64 bits per heavy atom. The maximum Gasteiger partial charge on any atom is 0.211 e. The third-order valence-corrected chi connectivity index (χ3v) is 6.05. The number of hydrogen-bond donors (Lipinski definition) is 1. The van der Waals surface area contributed by atoms with Crippen LogP contribution in [0.4, 0.5) is 5.82 Å². The minimum atomic E-state index is -3.76. The second-order valence-electron chi connectivity index (χ2n) is 7.42. The van der Waals surface area contributed by atoms with Gasteiger partial charge in [0.1, 0.15) is 23.1 Å². The predicted octanol–water partition coefficient (Wildman–Crippen LogP) is 3.77. The number of benzene rings is 2. The molecule has 0 fully saturated rings. The minimum Gasteiger partial charge on any atom is -0.486 e. The fourth-order valence-corrected chi connectivity index (χ4v) is 3.91. The van der Waals surface area contributed by atoms with Crippen molar-refractivity contribution >= 4 is 15.7 Å². The second-order valence-corrected chi connectivity index (χ2v) is 9.33. The number of aromatic nitrogens is 2. The first-order valence-electron chi connectivity index (χ1n) is 8.83. The Kier molecular flexibility index (Phi) is 5.38. The zero-order valence-corrected chi connectivity index (χ0v) is 16.9. The van der Waals surface area contributed by atoms with Crippen LogP contribution in [0.1, 0.15) is 32.2 Å². The molecule has 3 rings (SSSR count). The molecule has 2 N–H and O–H groups in total. The van der Waals surface area contributed by atoms with Crippen LogP contribution in [-0.2, 0) is 21.9 Å². The summed E-state index contributed by atoms with van der Waals surface area (Å²) in [5.74, 6) is 0.890. The molecule has 28 heavy (non-hydrogen) atoms. The predicted molar refractivity (Wildman–Crippen MR) is 108 cm³/mol. The van der Waals surface area contributed by atoms with Crippen molar-refractivity contribution in [1.82, 2.24) is 9.97 Å². The molecule has 6 nitrogen and oxygen atoms in total. The molecule has 0 aliphatic carbocycles. The standard InChI is InChI=1S/C21H23N3O3S/c1-21(2,3)15-9-11-16(12-10-15)27-14-19-23-13-18(20(22)24-19)28(25,26)17-7-5-4-6-8-17/h4-13H,14H2,1-3H3,(H2,22,23,24). The Hall–Kier alpha value is -2.93. The van der Waals surface area contributed by atoms with E-state index in [0.717, 1.165) is 0 Å². The third kappa shape index (κ3) is 4.31. The molecule has 146 valence electrons. The number of nitrogen functional groups attached to an aromatic ring is 1. The normalized spacial score (nSPS) is 12.0. The Morgan fingerprint density at radius 1 is 1.00 bits per heavy atom. The van der Waals surface area contributed by atoms with E-state index in [0.29, 0.717) is 11.6 Å². The summed E-state index contributed by atoms with van der Waals surface area (Å²) in [7, 11) is -3.76. The van der Waals surface area contributed by atoms with E-state index >= 15 is 0 Å². The molecule has 0 saturated carbocycles. The maximum atomic E-state index is 12.7. The molecule has 2 aromatic carbocycles. The summed E-state index contributed by atoms with van der Waals surface area (Å²) in [5, 5.41) is 0. The smallest absolute Gasteiger partial charge is 0.211 e. The van der Waals surface area contributed by atoms with Crippen LogP contribution < -0.4 is 10.5 Å². The Labute approximate surface area is 165 Å².